The van der Waals surface area contributed by atoms with Gasteiger partial charge in [-0.3, -0.25) is 4.79 Å². The fourth-order valence-electron chi connectivity index (χ4n) is 6.34. The van der Waals surface area contributed by atoms with Crippen LogP contribution in [0.1, 0.15) is 60.3 Å². The molecule has 0 aromatic rings. The van der Waals surface area contributed by atoms with Gasteiger partial charge in [0, 0.05) is 11.3 Å². The molecule has 0 bridgehead atoms. The van der Waals surface area contributed by atoms with Gasteiger partial charge in [0.05, 0.1) is 0 Å². The molecule has 0 aromatic heterocycles. The lowest BCUT2D eigenvalue weighted by Crippen LogP contribution is -2.61. The summed E-state index contributed by atoms with van der Waals surface area (Å²) in [6.07, 6.45) is 6.98. The van der Waals surface area contributed by atoms with E-state index in [1.54, 1.807) is 6.08 Å². The molecule has 0 aromatic carbocycles. The molecular formula is C21H30F2O. The molecule has 0 aliphatic heterocycles. The minimum atomic E-state index is -1.42. The van der Waals surface area contributed by atoms with Crippen molar-refractivity contribution in [1.82, 2.24) is 0 Å². The van der Waals surface area contributed by atoms with E-state index in [0.717, 1.165) is 19.3 Å². The summed E-state index contributed by atoms with van der Waals surface area (Å²) in [5.41, 5.74) is -1.87. The number of rotatable bonds is 0. The van der Waals surface area contributed by atoms with E-state index < -0.39 is 17.3 Å². The van der Waals surface area contributed by atoms with Crippen LogP contribution in [0.3, 0.4) is 0 Å². The third-order valence-corrected chi connectivity index (χ3v) is 8.12. The first-order valence-electron chi connectivity index (χ1n) is 9.00. The van der Waals surface area contributed by atoms with Crippen LogP contribution < -0.4 is 0 Å². The van der Waals surface area contributed by atoms with Gasteiger partial charge < -0.3 is 0 Å². The van der Waals surface area contributed by atoms with Crippen LogP contribution in [0.25, 0.3) is 0 Å². The largest absolute Gasteiger partial charge is 0.290 e. The second-order valence-corrected chi connectivity index (χ2v) is 8.80. The molecular weight excluding hydrogens is 306 g/mol. The molecule has 0 amide bonds. The van der Waals surface area contributed by atoms with E-state index in [1.165, 1.54) is 12.2 Å². The Morgan fingerprint density at radius 3 is 2.58 bits per heavy atom. The van der Waals surface area contributed by atoms with Crippen LogP contribution in [0.5, 0.6) is 0 Å². The van der Waals surface area contributed by atoms with Gasteiger partial charge in [0.2, 0.25) is 0 Å². The summed E-state index contributed by atoms with van der Waals surface area (Å²) < 4.78 is 31.3. The zero-order valence-corrected chi connectivity index (χ0v) is 14.2. The van der Waals surface area contributed by atoms with E-state index in [1.807, 2.05) is 6.92 Å². The van der Waals surface area contributed by atoms with Crippen LogP contribution in [0.4, 0.5) is 8.78 Å². The SMILES string of the molecule is C.CC1CCC2C3C[C@H](F)C4=CC(=O)C=CC4(C)[C@@]3(F)CCC12C. The molecule has 0 saturated heterocycles. The first kappa shape index (κ1) is 17.8. The Kier molecular flexibility index (Phi) is 3.90. The molecule has 134 valence electrons. The lowest BCUT2D eigenvalue weighted by molar-refractivity contribution is -0.136. The quantitative estimate of drug-likeness (QED) is 0.562. The van der Waals surface area contributed by atoms with Crippen molar-refractivity contribution in [3.8, 4) is 0 Å². The molecule has 0 N–H and O–H groups in total. The number of hydrogen-bond acceptors (Lipinski definition) is 1. The zero-order valence-electron chi connectivity index (χ0n) is 14.2. The number of halogens is 2. The highest BCUT2D eigenvalue weighted by molar-refractivity contribution is 6.01. The molecule has 5 unspecified atom stereocenters. The summed E-state index contributed by atoms with van der Waals surface area (Å²) in [6, 6.07) is 0. The van der Waals surface area contributed by atoms with Gasteiger partial charge in [-0.1, -0.05) is 27.4 Å². The summed E-state index contributed by atoms with van der Waals surface area (Å²) in [5.74, 6) is 0.403. The standard InChI is InChI=1S/C20H26F2O.CH4/c1-12-4-5-14-15-11-17(21)16-10-13(23)6-7-19(16,3)20(15,22)9-8-18(12,14)2;/h6-7,10,12,14-15,17H,4-5,8-9,11H2,1-3H3;1H4/t12?,14?,15?,17-,18?,19?,20+;/m0./s1. The first-order chi connectivity index (χ1) is 10.7. The summed E-state index contributed by atoms with van der Waals surface area (Å²) in [7, 11) is 0. The second-order valence-electron chi connectivity index (χ2n) is 8.80. The van der Waals surface area contributed by atoms with Crippen molar-refractivity contribution in [2.75, 3.05) is 0 Å². The molecule has 4 aliphatic carbocycles. The average molecular weight is 336 g/mol. The molecule has 4 rings (SSSR count). The van der Waals surface area contributed by atoms with Gasteiger partial charge in [0.15, 0.2) is 5.78 Å². The molecule has 24 heavy (non-hydrogen) atoms. The van der Waals surface area contributed by atoms with E-state index in [4.69, 9.17) is 0 Å². The highest BCUT2D eigenvalue weighted by Gasteiger charge is 2.67. The normalized spacial score (nSPS) is 52.7. The molecule has 3 saturated carbocycles. The fourth-order valence-corrected chi connectivity index (χ4v) is 6.34. The van der Waals surface area contributed by atoms with Crippen LogP contribution in [0, 0.1) is 28.6 Å². The van der Waals surface area contributed by atoms with Crippen LogP contribution in [-0.2, 0) is 4.79 Å². The van der Waals surface area contributed by atoms with E-state index in [-0.39, 0.29) is 36.9 Å². The van der Waals surface area contributed by atoms with Crippen LogP contribution in [0.15, 0.2) is 23.8 Å². The molecule has 0 spiro atoms. The smallest absolute Gasteiger partial charge is 0.178 e. The van der Waals surface area contributed by atoms with Crippen molar-refractivity contribution in [2.24, 2.45) is 28.6 Å². The highest BCUT2D eigenvalue weighted by Crippen LogP contribution is 2.69. The molecule has 1 nitrogen and oxygen atoms in total. The Hall–Kier alpha value is -0.990. The first-order valence-corrected chi connectivity index (χ1v) is 9.00. The Labute approximate surface area is 144 Å². The van der Waals surface area contributed by atoms with Crippen LogP contribution in [0.2, 0.25) is 0 Å². The summed E-state index contributed by atoms with van der Waals surface area (Å²) >= 11 is 0. The van der Waals surface area contributed by atoms with E-state index >= 15 is 4.39 Å². The van der Waals surface area contributed by atoms with E-state index in [9.17, 15) is 9.18 Å². The Balaban J connectivity index is 0.00000169. The third-order valence-electron chi connectivity index (χ3n) is 8.12. The van der Waals surface area contributed by atoms with Crippen LogP contribution >= 0.6 is 0 Å². The summed E-state index contributed by atoms with van der Waals surface area (Å²) in [5, 5.41) is 0. The van der Waals surface area contributed by atoms with Gasteiger partial charge in [0.25, 0.3) is 0 Å². The number of fused-ring (bicyclic) bond motifs is 5. The number of hydrogen-bond donors (Lipinski definition) is 0. The zero-order chi connectivity index (χ0) is 16.6. The number of carbonyl (C=O) groups is 1. The Morgan fingerprint density at radius 1 is 1.17 bits per heavy atom. The van der Waals surface area contributed by atoms with E-state index in [0.29, 0.717) is 17.9 Å². The van der Waals surface area contributed by atoms with Crippen molar-refractivity contribution in [1.29, 1.82) is 0 Å². The predicted octanol–water partition coefficient (Wildman–Crippen LogP) is 5.61. The number of allylic oxidation sites excluding steroid dienone is 4. The van der Waals surface area contributed by atoms with Gasteiger partial charge in [-0.15, -0.1) is 0 Å². The monoisotopic (exact) mass is 336 g/mol. The van der Waals surface area contributed by atoms with Crippen molar-refractivity contribution in [2.45, 2.75) is 72.1 Å². The lowest BCUT2D eigenvalue weighted by atomic mass is 9.46. The van der Waals surface area contributed by atoms with Crippen LogP contribution in [-0.4, -0.2) is 17.6 Å². The van der Waals surface area contributed by atoms with Crippen molar-refractivity contribution >= 4 is 5.78 Å². The molecule has 0 radical (unpaired) electrons. The maximum atomic E-state index is 16.4. The lowest BCUT2D eigenvalue weighted by Gasteiger charge is -2.60. The fraction of sp³-hybridized carbons (Fsp3) is 0.762. The van der Waals surface area contributed by atoms with Gasteiger partial charge in [-0.2, -0.15) is 0 Å². The number of carbonyl (C=O) groups excluding carboxylic acids is 1. The second kappa shape index (κ2) is 5.25. The van der Waals surface area contributed by atoms with Gasteiger partial charge in [0.1, 0.15) is 11.8 Å². The minimum absolute atomic E-state index is 0. The number of ketones is 1. The molecule has 3 heteroatoms. The summed E-state index contributed by atoms with van der Waals surface area (Å²) in [4.78, 5) is 11.7. The maximum Gasteiger partial charge on any atom is 0.178 e. The molecule has 7 atom stereocenters. The number of alkyl halides is 2. The molecule has 0 heterocycles. The minimum Gasteiger partial charge on any atom is -0.290 e. The van der Waals surface area contributed by atoms with Gasteiger partial charge in [-0.25, -0.2) is 8.78 Å². The highest BCUT2D eigenvalue weighted by atomic mass is 19.1. The van der Waals surface area contributed by atoms with E-state index in [2.05, 4.69) is 13.8 Å². The van der Waals surface area contributed by atoms with Crippen molar-refractivity contribution in [3.05, 3.63) is 23.8 Å². The Morgan fingerprint density at radius 2 is 1.88 bits per heavy atom. The topological polar surface area (TPSA) is 17.1 Å². The van der Waals surface area contributed by atoms with Gasteiger partial charge >= 0.3 is 0 Å². The average Bonchev–Trinajstić information content (AvgIpc) is 2.80. The predicted molar refractivity (Wildman–Crippen MR) is 93.1 cm³/mol. The molecule has 3 fully saturated rings. The maximum absolute atomic E-state index is 16.4. The third kappa shape index (κ3) is 1.93. The van der Waals surface area contributed by atoms with Crippen molar-refractivity contribution < 1.29 is 13.6 Å². The van der Waals surface area contributed by atoms with Crippen molar-refractivity contribution in [3.63, 3.8) is 0 Å². The summed E-state index contributed by atoms with van der Waals surface area (Å²) in [6.45, 7) is 6.37. The van der Waals surface area contributed by atoms with Gasteiger partial charge in [-0.05, 0) is 74.0 Å². The Bertz CT molecular complexity index is 623. The molecule has 4 aliphatic rings.